The minimum absolute atomic E-state index is 0.470. The van der Waals surface area contributed by atoms with Crippen molar-refractivity contribution in [1.29, 1.82) is 0 Å². The van der Waals surface area contributed by atoms with Crippen LogP contribution in [-0.2, 0) is 13.7 Å². The number of carbonyl (C=O) groups excluding carboxylic acids is 1. The highest BCUT2D eigenvalue weighted by atomic mass is 16.5. The molecule has 2 rings (SSSR count). The van der Waals surface area contributed by atoms with Crippen molar-refractivity contribution in [1.82, 2.24) is 9.78 Å². The Labute approximate surface area is 99.8 Å². The predicted molar refractivity (Wildman–Crippen MR) is 64.1 cm³/mol. The van der Waals surface area contributed by atoms with Crippen molar-refractivity contribution in [3.05, 3.63) is 47.3 Å². The van der Waals surface area contributed by atoms with Crippen LogP contribution < -0.4 is 4.74 Å². The van der Waals surface area contributed by atoms with Gasteiger partial charge in [0.1, 0.15) is 18.6 Å². The zero-order chi connectivity index (χ0) is 12.3. The predicted octanol–water partition coefficient (Wildman–Crippen LogP) is 2.12. The first-order valence-corrected chi connectivity index (χ1v) is 5.36. The van der Waals surface area contributed by atoms with Crippen LogP contribution in [-0.4, -0.2) is 16.1 Å². The van der Waals surface area contributed by atoms with Crippen molar-refractivity contribution in [2.24, 2.45) is 7.05 Å². The third-order valence-corrected chi connectivity index (χ3v) is 2.50. The second-order valence-electron chi connectivity index (χ2n) is 3.88. The van der Waals surface area contributed by atoms with Gasteiger partial charge in [-0.3, -0.25) is 9.48 Å². The van der Waals surface area contributed by atoms with Gasteiger partial charge < -0.3 is 4.74 Å². The van der Waals surface area contributed by atoms with E-state index in [-0.39, 0.29) is 0 Å². The normalized spacial score (nSPS) is 10.2. The molecule has 17 heavy (non-hydrogen) atoms. The Bertz CT molecular complexity index is 515. The number of aromatic nitrogens is 2. The number of ether oxygens (including phenoxy) is 1. The van der Waals surface area contributed by atoms with Crippen molar-refractivity contribution in [2.75, 3.05) is 0 Å². The molecule has 2 aromatic rings. The fraction of sp³-hybridized carbons (Fsp3) is 0.231. The molecule has 0 radical (unpaired) electrons. The van der Waals surface area contributed by atoms with E-state index in [1.54, 1.807) is 28.9 Å². The van der Waals surface area contributed by atoms with E-state index < -0.39 is 0 Å². The smallest absolute Gasteiger partial charge is 0.150 e. The van der Waals surface area contributed by atoms with Gasteiger partial charge in [-0.15, -0.1) is 0 Å². The van der Waals surface area contributed by atoms with Crippen molar-refractivity contribution in [3.63, 3.8) is 0 Å². The van der Waals surface area contributed by atoms with Gasteiger partial charge >= 0.3 is 0 Å². The zero-order valence-electron chi connectivity index (χ0n) is 9.88. The third kappa shape index (κ3) is 2.72. The molecule has 88 valence electrons. The van der Waals surface area contributed by atoms with Crippen LogP contribution in [0.5, 0.6) is 5.75 Å². The first-order valence-electron chi connectivity index (χ1n) is 5.36. The van der Waals surface area contributed by atoms with Gasteiger partial charge in [0.05, 0.1) is 11.4 Å². The molecule has 0 aliphatic carbocycles. The number of hydrogen-bond donors (Lipinski definition) is 0. The van der Waals surface area contributed by atoms with Crippen LogP contribution in [0.15, 0.2) is 30.3 Å². The Morgan fingerprint density at radius 2 is 2.06 bits per heavy atom. The third-order valence-electron chi connectivity index (χ3n) is 2.50. The highest BCUT2D eigenvalue weighted by Crippen LogP contribution is 2.13. The van der Waals surface area contributed by atoms with Crippen molar-refractivity contribution in [2.45, 2.75) is 13.5 Å². The number of aryl methyl sites for hydroxylation is 2. The van der Waals surface area contributed by atoms with Gasteiger partial charge in [0, 0.05) is 12.6 Å². The van der Waals surface area contributed by atoms with Gasteiger partial charge in [0.25, 0.3) is 0 Å². The maximum atomic E-state index is 10.5. The highest BCUT2D eigenvalue weighted by molar-refractivity contribution is 5.74. The molecule has 0 unspecified atom stereocenters. The quantitative estimate of drug-likeness (QED) is 0.756. The van der Waals surface area contributed by atoms with Gasteiger partial charge in [0.2, 0.25) is 0 Å². The number of nitrogens with zero attached hydrogens (tertiary/aromatic N) is 2. The second kappa shape index (κ2) is 4.82. The lowest BCUT2D eigenvalue weighted by atomic mass is 10.2. The largest absolute Gasteiger partial charge is 0.487 e. The zero-order valence-corrected chi connectivity index (χ0v) is 9.88. The summed E-state index contributed by atoms with van der Waals surface area (Å²) in [6.07, 6.45) is 0.814. The molecular formula is C13H14N2O2. The molecule has 1 aromatic heterocycles. The van der Waals surface area contributed by atoms with Crippen molar-refractivity contribution < 1.29 is 9.53 Å². The lowest BCUT2D eigenvalue weighted by Gasteiger charge is -2.06. The van der Waals surface area contributed by atoms with Gasteiger partial charge in [-0.1, -0.05) is 0 Å². The molecule has 4 heteroatoms. The van der Waals surface area contributed by atoms with E-state index in [0.717, 1.165) is 23.4 Å². The maximum Gasteiger partial charge on any atom is 0.150 e. The summed E-state index contributed by atoms with van der Waals surface area (Å²) in [5, 5.41) is 4.24. The molecule has 1 aromatic carbocycles. The summed E-state index contributed by atoms with van der Waals surface area (Å²) in [4.78, 5) is 10.5. The van der Waals surface area contributed by atoms with Gasteiger partial charge in [-0.2, -0.15) is 5.10 Å². The summed E-state index contributed by atoms with van der Waals surface area (Å²) in [5.41, 5.74) is 2.64. The van der Waals surface area contributed by atoms with Crippen LogP contribution >= 0.6 is 0 Å². The summed E-state index contributed by atoms with van der Waals surface area (Å²) in [6, 6.07) is 9.02. The molecule has 0 amide bonds. The van der Waals surface area contributed by atoms with Crippen LogP contribution in [0.4, 0.5) is 0 Å². The summed E-state index contributed by atoms with van der Waals surface area (Å²) >= 11 is 0. The second-order valence-corrected chi connectivity index (χ2v) is 3.88. The molecule has 0 spiro atoms. The first-order chi connectivity index (χ1) is 8.19. The molecule has 0 aliphatic heterocycles. The summed E-state index contributed by atoms with van der Waals surface area (Å²) in [5.74, 6) is 0.745. The maximum absolute atomic E-state index is 10.5. The molecule has 0 fully saturated rings. The van der Waals surface area contributed by atoms with E-state index in [2.05, 4.69) is 5.10 Å². The molecule has 0 aliphatic rings. The number of aldehydes is 1. The van der Waals surface area contributed by atoms with Crippen molar-refractivity contribution >= 4 is 6.29 Å². The fourth-order valence-corrected chi connectivity index (χ4v) is 1.60. The topological polar surface area (TPSA) is 44.1 Å². The Balaban J connectivity index is 2.02. The van der Waals surface area contributed by atoms with Gasteiger partial charge in [-0.25, -0.2) is 0 Å². The standard InChI is InChI=1S/C13H14N2O2/c1-10-7-12(15(2)14-10)9-17-13-5-3-11(8-16)4-6-13/h3-8H,9H2,1-2H3. The molecular weight excluding hydrogens is 216 g/mol. The highest BCUT2D eigenvalue weighted by Gasteiger charge is 2.02. The molecule has 4 nitrogen and oxygen atoms in total. The molecule has 0 saturated carbocycles. The van der Waals surface area contributed by atoms with E-state index >= 15 is 0 Å². The molecule has 0 bridgehead atoms. The lowest BCUT2D eigenvalue weighted by Crippen LogP contribution is -2.02. The molecule has 1 heterocycles. The Morgan fingerprint density at radius 1 is 1.35 bits per heavy atom. The Hall–Kier alpha value is -2.10. The van der Waals surface area contributed by atoms with Crippen LogP contribution in [0.1, 0.15) is 21.7 Å². The van der Waals surface area contributed by atoms with Crippen LogP contribution in [0.3, 0.4) is 0 Å². The summed E-state index contributed by atoms with van der Waals surface area (Å²) in [7, 11) is 1.89. The summed E-state index contributed by atoms with van der Waals surface area (Å²) in [6.45, 7) is 2.42. The number of benzene rings is 1. The van der Waals surface area contributed by atoms with Gasteiger partial charge in [0.15, 0.2) is 0 Å². The van der Waals surface area contributed by atoms with E-state index in [9.17, 15) is 4.79 Å². The van der Waals surface area contributed by atoms with E-state index in [4.69, 9.17) is 4.74 Å². The van der Waals surface area contributed by atoms with Gasteiger partial charge in [-0.05, 0) is 37.3 Å². The molecule has 0 atom stereocenters. The fourth-order valence-electron chi connectivity index (χ4n) is 1.60. The number of rotatable bonds is 4. The van der Waals surface area contributed by atoms with E-state index in [0.29, 0.717) is 12.2 Å². The average molecular weight is 230 g/mol. The average Bonchev–Trinajstić information content (AvgIpc) is 2.66. The monoisotopic (exact) mass is 230 g/mol. The van der Waals surface area contributed by atoms with Crippen molar-refractivity contribution in [3.8, 4) is 5.75 Å². The number of carbonyl (C=O) groups is 1. The summed E-state index contributed by atoms with van der Waals surface area (Å²) < 4.78 is 7.41. The number of hydrogen-bond acceptors (Lipinski definition) is 3. The lowest BCUT2D eigenvalue weighted by molar-refractivity contribution is 0.112. The van der Waals surface area contributed by atoms with E-state index in [1.807, 2.05) is 20.0 Å². The molecule has 0 saturated heterocycles. The molecule has 0 N–H and O–H groups in total. The minimum Gasteiger partial charge on any atom is -0.487 e. The van der Waals surface area contributed by atoms with Crippen LogP contribution in [0.2, 0.25) is 0 Å². The Morgan fingerprint density at radius 3 is 2.59 bits per heavy atom. The Kier molecular flexibility index (Phi) is 3.23. The SMILES string of the molecule is Cc1cc(COc2ccc(C=O)cc2)n(C)n1. The van der Waals surface area contributed by atoms with Crippen LogP contribution in [0, 0.1) is 6.92 Å². The first kappa shape index (κ1) is 11.4. The van der Waals surface area contributed by atoms with E-state index in [1.165, 1.54) is 0 Å². The van der Waals surface area contributed by atoms with Crippen LogP contribution in [0.25, 0.3) is 0 Å². The minimum atomic E-state index is 0.470.